The van der Waals surface area contributed by atoms with Gasteiger partial charge < -0.3 is 5.73 Å². The van der Waals surface area contributed by atoms with Crippen LogP contribution in [0.1, 0.15) is 0 Å². The van der Waals surface area contributed by atoms with Gasteiger partial charge in [0.2, 0.25) is 0 Å². The molecule has 0 bridgehead atoms. The lowest BCUT2D eigenvalue weighted by Gasteiger charge is -2.07. The second-order valence-corrected chi connectivity index (χ2v) is 3.66. The van der Waals surface area contributed by atoms with Gasteiger partial charge in [-0.05, 0) is 30.3 Å². The largest absolute Gasteiger partial charge is 0.397 e. The molecule has 78 valence electrons. The Hall–Kier alpha value is -2.29. The molecule has 1 aromatic carbocycles. The Labute approximate surface area is 93.1 Å². The number of rotatable bonds is 1. The third-order valence-corrected chi connectivity index (χ3v) is 2.64. The molecule has 0 radical (unpaired) electrons. The van der Waals surface area contributed by atoms with Crippen molar-refractivity contribution >= 4 is 16.7 Å². The lowest BCUT2D eigenvalue weighted by Crippen LogP contribution is -1.98. The number of anilines is 1. The van der Waals surface area contributed by atoms with Gasteiger partial charge in [-0.3, -0.25) is 4.57 Å². The van der Waals surface area contributed by atoms with Gasteiger partial charge in [0, 0.05) is 17.8 Å². The van der Waals surface area contributed by atoms with Crippen LogP contribution in [-0.2, 0) is 0 Å². The number of hydrogen-bond acceptors (Lipinski definition) is 2. The van der Waals surface area contributed by atoms with Gasteiger partial charge in [0.05, 0.1) is 11.4 Å². The number of nitrogens with zero attached hydrogens (tertiary/aromatic N) is 2. The van der Waals surface area contributed by atoms with Crippen LogP contribution in [0.2, 0.25) is 0 Å². The van der Waals surface area contributed by atoms with Crippen LogP contribution in [0.4, 0.5) is 5.69 Å². The van der Waals surface area contributed by atoms with E-state index < -0.39 is 0 Å². The highest BCUT2D eigenvalue weighted by Crippen LogP contribution is 2.22. The summed E-state index contributed by atoms with van der Waals surface area (Å²) in [7, 11) is 0. The van der Waals surface area contributed by atoms with Crippen LogP contribution in [-0.4, -0.2) is 9.55 Å². The second kappa shape index (κ2) is 3.38. The number of pyridine rings is 1. The fourth-order valence-corrected chi connectivity index (χ4v) is 1.87. The van der Waals surface area contributed by atoms with Gasteiger partial charge in [-0.15, -0.1) is 0 Å². The van der Waals surface area contributed by atoms with Gasteiger partial charge in [0.25, 0.3) is 0 Å². The van der Waals surface area contributed by atoms with Crippen molar-refractivity contribution in [1.82, 2.24) is 9.55 Å². The fraction of sp³-hybridized carbons (Fsp3) is 0. The number of nitrogens with two attached hydrogens (primary N) is 1. The van der Waals surface area contributed by atoms with Crippen molar-refractivity contribution in [2.45, 2.75) is 0 Å². The number of nitrogen functional groups attached to an aromatic ring is 1. The maximum Gasteiger partial charge on any atom is 0.144 e. The summed E-state index contributed by atoms with van der Waals surface area (Å²) in [5, 5.41) is 1.12. The number of benzene rings is 1. The Kier molecular flexibility index (Phi) is 1.90. The molecule has 2 aromatic heterocycles. The first kappa shape index (κ1) is 8.97. The van der Waals surface area contributed by atoms with E-state index in [9.17, 15) is 0 Å². The van der Waals surface area contributed by atoms with Gasteiger partial charge in [0.15, 0.2) is 0 Å². The molecular weight excluding hydrogens is 198 g/mol. The topological polar surface area (TPSA) is 43.8 Å². The van der Waals surface area contributed by atoms with Gasteiger partial charge in [-0.1, -0.05) is 12.1 Å². The molecule has 3 rings (SSSR count). The summed E-state index contributed by atoms with van der Waals surface area (Å²) in [6.45, 7) is 0. The second-order valence-electron chi connectivity index (χ2n) is 3.66. The monoisotopic (exact) mass is 209 g/mol. The summed E-state index contributed by atoms with van der Waals surface area (Å²) < 4.78 is 2.00. The molecule has 0 aliphatic rings. The Morgan fingerprint density at radius 2 is 1.88 bits per heavy atom. The average Bonchev–Trinajstić information content (AvgIpc) is 2.74. The van der Waals surface area contributed by atoms with Crippen molar-refractivity contribution in [3.63, 3.8) is 0 Å². The summed E-state index contributed by atoms with van der Waals surface area (Å²) >= 11 is 0. The van der Waals surface area contributed by atoms with Crippen LogP contribution in [0.25, 0.3) is 16.7 Å². The summed E-state index contributed by atoms with van der Waals surface area (Å²) in [6.07, 6.45) is 3.78. The first-order valence-corrected chi connectivity index (χ1v) is 5.13. The van der Waals surface area contributed by atoms with Gasteiger partial charge in [-0.2, -0.15) is 0 Å². The van der Waals surface area contributed by atoms with E-state index in [0.717, 1.165) is 22.4 Å². The van der Waals surface area contributed by atoms with E-state index in [1.165, 1.54) is 0 Å². The SMILES string of the molecule is Nc1ccccc1-n1ccc2cccnc21. The summed E-state index contributed by atoms with van der Waals surface area (Å²) in [6, 6.07) is 13.8. The third kappa shape index (κ3) is 1.26. The Morgan fingerprint density at radius 3 is 2.75 bits per heavy atom. The highest BCUT2D eigenvalue weighted by atomic mass is 15.0. The minimum Gasteiger partial charge on any atom is -0.397 e. The van der Waals surface area contributed by atoms with E-state index in [1.807, 2.05) is 53.2 Å². The number of hydrogen-bond donors (Lipinski definition) is 1. The molecule has 2 N–H and O–H groups in total. The standard InChI is InChI=1S/C13H11N3/c14-11-5-1-2-6-12(11)16-9-7-10-4-3-8-15-13(10)16/h1-9H,14H2. The zero-order chi connectivity index (χ0) is 11.0. The van der Waals surface area contributed by atoms with E-state index in [0.29, 0.717) is 0 Å². The lowest BCUT2D eigenvalue weighted by atomic mass is 10.2. The van der Waals surface area contributed by atoms with Crippen molar-refractivity contribution in [2.75, 3.05) is 5.73 Å². The van der Waals surface area contributed by atoms with E-state index in [1.54, 1.807) is 6.20 Å². The summed E-state index contributed by atoms with van der Waals surface area (Å²) in [5.41, 5.74) is 8.61. The molecule has 0 saturated carbocycles. The molecule has 2 heterocycles. The van der Waals surface area contributed by atoms with Crippen molar-refractivity contribution in [3.8, 4) is 5.69 Å². The maximum absolute atomic E-state index is 5.95. The van der Waals surface area contributed by atoms with E-state index in [4.69, 9.17) is 5.73 Å². The Morgan fingerprint density at radius 1 is 1.00 bits per heavy atom. The molecule has 3 nitrogen and oxygen atoms in total. The molecule has 16 heavy (non-hydrogen) atoms. The molecule has 0 fully saturated rings. The number of fused-ring (bicyclic) bond motifs is 1. The summed E-state index contributed by atoms with van der Waals surface area (Å²) in [5.74, 6) is 0. The Balaban J connectivity index is 2.31. The van der Waals surface area contributed by atoms with Crippen molar-refractivity contribution in [2.24, 2.45) is 0 Å². The highest BCUT2D eigenvalue weighted by molar-refractivity contribution is 5.79. The van der Waals surface area contributed by atoms with E-state index in [2.05, 4.69) is 4.98 Å². The molecule has 0 aliphatic heterocycles. The predicted octanol–water partition coefficient (Wildman–Crippen LogP) is 2.61. The zero-order valence-electron chi connectivity index (χ0n) is 8.67. The van der Waals surface area contributed by atoms with Crippen LogP contribution in [0.5, 0.6) is 0 Å². The van der Waals surface area contributed by atoms with E-state index >= 15 is 0 Å². The highest BCUT2D eigenvalue weighted by Gasteiger charge is 2.05. The van der Waals surface area contributed by atoms with Gasteiger partial charge in [-0.25, -0.2) is 4.98 Å². The molecule has 0 atom stereocenters. The average molecular weight is 209 g/mol. The Bertz CT molecular complexity index is 640. The molecule has 3 heteroatoms. The summed E-state index contributed by atoms with van der Waals surface area (Å²) in [4.78, 5) is 4.37. The number of para-hydroxylation sites is 2. The molecule has 0 saturated heterocycles. The molecule has 0 spiro atoms. The molecule has 0 aliphatic carbocycles. The fourth-order valence-electron chi connectivity index (χ4n) is 1.87. The van der Waals surface area contributed by atoms with Crippen LogP contribution in [0.3, 0.4) is 0 Å². The van der Waals surface area contributed by atoms with Crippen LogP contribution < -0.4 is 5.73 Å². The third-order valence-electron chi connectivity index (χ3n) is 2.64. The van der Waals surface area contributed by atoms with Crippen LogP contribution >= 0.6 is 0 Å². The molecule has 0 unspecified atom stereocenters. The lowest BCUT2D eigenvalue weighted by molar-refractivity contribution is 1.10. The van der Waals surface area contributed by atoms with Crippen LogP contribution in [0, 0.1) is 0 Å². The van der Waals surface area contributed by atoms with Crippen molar-refractivity contribution in [3.05, 3.63) is 54.9 Å². The maximum atomic E-state index is 5.95. The predicted molar refractivity (Wildman–Crippen MR) is 65.5 cm³/mol. The van der Waals surface area contributed by atoms with Gasteiger partial charge >= 0.3 is 0 Å². The normalized spacial score (nSPS) is 10.8. The first-order valence-electron chi connectivity index (χ1n) is 5.13. The quantitative estimate of drug-likeness (QED) is 0.626. The van der Waals surface area contributed by atoms with Crippen molar-refractivity contribution < 1.29 is 0 Å². The van der Waals surface area contributed by atoms with Gasteiger partial charge in [0.1, 0.15) is 5.65 Å². The molecule has 0 amide bonds. The minimum absolute atomic E-state index is 0.755. The molecule has 3 aromatic rings. The zero-order valence-corrected chi connectivity index (χ0v) is 8.67. The minimum atomic E-state index is 0.755. The smallest absolute Gasteiger partial charge is 0.144 e. The van der Waals surface area contributed by atoms with Crippen LogP contribution in [0.15, 0.2) is 54.9 Å². The van der Waals surface area contributed by atoms with E-state index in [-0.39, 0.29) is 0 Å². The van der Waals surface area contributed by atoms with Crippen molar-refractivity contribution in [1.29, 1.82) is 0 Å². The number of aromatic nitrogens is 2. The molecular formula is C13H11N3. The first-order chi connectivity index (χ1) is 7.86.